The highest BCUT2D eigenvalue weighted by atomic mass is 16.5. The molecule has 0 saturated carbocycles. The van der Waals surface area contributed by atoms with Gasteiger partial charge in [-0.3, -0.25) is 4.68 Å². The quantitative estimate of drug-likeness (QED) is 0.652. The van der Waals surface area contributed by atoms with Gasteiger partial charge in [-0.1, -0.05) is 12.1 Å². The van der Waals surface area contributed by atoms with Crippen molar-refractivity contribution in [2.24, 2.45) is 0 Å². The third kappa shape index (κ3) is 3.20. The summed E-state index contributed by atoms with van der Waals surface area (Å²) < 4.78 is 12.7. The van der Waals surface area contributed by atoms with E-state index in [1.54, 1.807) is 13.3 Å². The van der Waals surface area contributed by atoms with Gasteiger partial charge in [0.2, 0.25) is 5.89 Å². The van der Waals surface area contributed by atoms with Crippen molar-refractivity contribution in [3.63, 3.8) is 0 Å². The zero-order valence-corrected chi connectivity index (χ0v) is 11.9. The molecule has 2 heterocycles. The molecule has 0 aliphatic rings. The van der Waals surface area contributed by atoms with Crippen molar-refractivity contribution in [1.29, 1.82) is 0 Å². The molecule has 5 nitrogen and oxygen atoms in total. The largest absolute Gasteiger partial charge is 0.437 e. The summed E-state index contributed by atoms with van der Waals surface area (Å²) in [4.78, 5) is 4.41. The molecule has 1 aromatic carbocycles. The van der Waals surface area contributed by atoms with E-state index in [1.807, 2.05) is 47.2 Å². The Morgan fingerprint density at radius 2 is 2.14 bits per heavy atom. The first-order chi connectivity index (χ1) is 10.4. The lowest BCUT2D eigenvalue weighted by molar-refractivity contribution is 0.189. The van der Waals surface area contributed by atoms with E-state index in [4.69, 9.17) is 9.15 Å². The molecule has 0 N–H and O–H groups in total. The lowest BCUT2D eigenvalue weighted by Gasteiger charge is -2.03. The van der Waals surface area contributed by atoms with Crippen molar-refractivity contribution in [2.45, 2.75) is 13.0 Å². The van der Waals surface area contributed by atoms with Crippen molar-refractivity contribution in [3.8, 4) is 0 Å². The summed E-state index contributed by atoms with van der Waals surface area (Å²) in [5, 5.41) is 4.30. The highest BCUT2D eigenvalue weighted by molar-refractivity contribution is 5.75. The molecule has 5 heteroatoms. The van der Waals surface area contributed by atoms with E-state index < -0.39 is 0 Å². The van der Waals surface area contributed by atoms with Crippen molar-refractivity contribution < 1.29 is 9.15 Å². The number of nitrogens with zero attached hydrogens (tertiary/aromatic N) is 3. The number of fused-ring (bicyclic) bond motifs is 1. The number of hydrogen-bond acceptors (Lipinski definition) is 4. The van der Waals surface area contributed by atoms with Crippen LogP contribution in [0.4, 0.5) is 0 Å². The Hall–Kier alpha value is -2.40. The topological polar surface area (TPSA) is 53.1 Å². The molecule has 0 atom stereocenters. The van der Waals surface area contributed by atoms with E-state index >= 15 is 0 Å². The number of rotatable bonds is 6. The van der Waals surface area contributed by atoms with Crippen LogP contribution in [-0.2, 0) is 11.3 Å². The SMILES string of the molecule is COCCCn1nccc1C=Cc1nc2ccccc2o1. The third-order valence-corrected chi connectivity index (χ3v) is 3.17. The van der Waals surface area contributed by atoms with Gasteiger partial charge >= 0.3 is 0 Å². The standard InChI is InChI=1S/C16H17N3O2/c1-20-12-4-11-19-13(9-10-17-19)7-8-16-18-14-5-2-3-6-15(14)21-16/h2-3,5-10H,4,11-12H2,1H3. The van der Waals surface area contributed by atoms with E-state index in [0.717, 1.165) is 36.4 Å². The van der Waals surface area contributed by atoms with Gasteiger partial charge in [-0.25, -0.2) is 4.98 Å². The Morgan fingerprint density at radius 3 is 3.00 bits per heavy atom. The summed E-state index contributed by atoms with van der Waals surface area (Å²) in [7, 11) is 1.71. The molecule has 21 heavy (non-hydrogen) atoms. The Balaban J connectivity index is 1.75. The maximum absolute atomic E-state index is 5.66. The molecule has 0 radical (unpaired) electrons. The fourth-order valence-electron chi connectivity index (χ4n) is 2.15. The minimum atomic E-state index is 0.598. The van der Waals surface area contributed by atoms with Crippen LogP contribution < -0.4 is 0 Å². The lowest BCUT2D eigenvalue weighted by atomic mass is 10.3. The second-order valence-corrected chi connectivity index (χ2v) is 4.68. The van der Waals surface area contributed by atoms with Gasteiger partial charge in [0.25, 0.3) is 0 Å². The second-order valence-electron chi connectivity index (χ2n) is 4.68. The van der Waals surface area contributed by atoms with E-state index in [2.05, 4.69) is 10.1 Å². The van der Waals surface area contributed by atoms with Crippen LogP contribution in [0, 0.1) is 0 Å². The number of aromatic nitrogens is 3. The van der Waals surface area contributed by atoms with Crippen LogP contribution in [0.25, 0.3) is 23.3 Å². The number of hydrogen-bond donors (Lipinski definition) is 0. The molecule has 0 spiro atoms. The molecule has 0 aliphatic heterocycles. The number of aryl methyl sites for hydroxylation is 1. The zero-order valence-electron chi connectivity index (χ0n) is 11.9. The van der Waals surface area contributed by atoms with Crippen molar-refractivity contribution in [2.75, 3.05) is 13.7 Å². The molecule has 0 unspecified atom stereocenters. The van der Waals surface area contributed by atoms with E-state index in [0.29, 0.717) is 5.89 Å². The predicted octanol–water partition coefficient (Wildman–Crippen LogP) is 3.23. The van der Waals surface area contributed by atoms with Crippen LogP contribution >= 0.6 is 0 Å². The first-order valence-electron chi connectivity index (χ1n) is 6.91. The van der Waals surface area contributed by atoms with Gasteiger partial charge in [0.05, 0.1) is 5.69 Å². The molecule has 108 valence electrons. The van der Waals surface area contributed by atoms with Gasteiger partial charge in [0.1, 0.15) is 5.52 Å². The minimum Gasteiger partial charge on any atom is -0.437 e. The first kappa shape index (κ1) is 13.6. The van der Waals surface area contributed by atoms with Gasteiger partial charge in [0.15, 0.2) is 5.58 Å². The number of ether oxygens (including phenoxy) is 1. The maximum Gasteiger partial charge on any atom is 0.220 e. The van der Waals surface area contributed by atoms with Crippen molar-refractivity contribution in [1.82, 2.24) is 14.8 Å². The fraction of sp³-hybridized carbons (Fsp3) is 0.250. The minimum absolute atomic E-state index is 0.598. The lowest BCUT2D eigenvalue weighted by Crippen LogP contribution is -2.04. The summed E-state index contributed by atoms with van der Waals surface area (Å²) in [6.45, 7) is 1.56. The highest BCUT2D eigenvalue weighted by Gasteiger charge is 2.03. The van der Waals surface area contributed by atoms with Crippen LogP contribution in [0.15, 0.2) is 40.9 Å². The first-order valence-corrected chi connectivity index (χ1v) is 6.91. The molecule has 0 bridgehead atoms. The van der Waals surface area contributed by atoms with Gasteiger partial charge in [0, 0.05) is 32.5 Å². The van der Waals surface area contributed by atoms with E-state index in [-0.39, 0.29) is 0 Å². The smallest absolute Gasteiger partial charge is 0.220 e. The second kappa shape index (κ2) is 6.37. The fourth-order valence-corrected chi connectivity index (χ4v) is 2.15. The maximum atomic E-state index is 5.66. The summed E-state index contributed by atoms with van der Waals surface area (Å²) >= 11 is 0. The molecule has 3 rings (SSSR count). The Bertz CT molecular complexity index is 710. The average molecular weight is 283 g/mol. The Morgan fingerprint density at radius 1 is 1.24 bits per heavy atom. The normalized spacial score (nSPS) is 11.7. The molecule has 0 saturated heterocycles. The van der Waals surface area contributed by atoms with Gasteiger partial charge in [-0.2, -0.15) is 5.10 Å². The molecular weight excluding hydrogens is 266 g/mol. The number of methoxy groups -OCH3 is 1. The monoisotopic (exact) mass is 283 g/mol. The average Bonchev–Trinajstić information content (AvgIpc) is 3.11. The molecule has 0 amide bonds. The van der Waals surface area contributed by atoms with Crippen LogP contribution in [0.2, 0.25) is 0 Å². The molecule has 0 aliphatic carbocycles. The van der Waals surface area contributed by atoms with Crippen molar-refractivity contribution >= 4 is 23.3 Å². The summed E-state index contributed by atoms with van der Waals surface area (Å²) in [6, 6.07) is 9.70. The van der Waals surface area contributed by atoms with E-state index in [9.17, 15) is 0 Å². The summed E-state index contributed by atoms with van der Waals surface area (Å²) in [6.07, 6.45) is 6.55. The summed E-state index contributed by atoms with van der Waals surface area (Å²) in [5.41, 5.74) is 2.69. The van der Waals surface area contributed by atoms with Crippen LogP contribution in [0.1, 0.15) is 18.0 Å². The van der Waals surface area contributed by atoms with Gasteiger partial charge < -0.3 is 9.15 Å². The van der Waals surface area contributed by atoms with Crippen LogP contribution in [0.5, 0.6) is 0 Å². The number of benzene rings is 1. The number of para-hydroxylation sites is 2. The molecule has 2 aromatic heterocycles. The van der Waals surface area contributed by atoms with Gasteiger partial charge in [-0.15, -0.1) is 0 Å². The third-order valence-electron chi connectivity index (χ3n) is 3.17. The van der Waals surface area contributed by atoms with Crippen molar-refractivity contribution in [3.05, 3.63) is 48.1 Å². The molecular formula is C16H17N3O2. The predicted molar refractivity (Wildman–Crippen MR) is 81.7 cm³/mol. The molecule has 0 fully saturated rings. The highest BCUT2D eigenvalue weighted by Crippen LogP contribution is 2.16. The number of oxazole rings is 1. The van der Waals surface area contributed by atoms with E-state index in [1.165, 1.54) is 0 Å². The van der Waals surface area contributed by atoms with Crippen LogP contribution in [0.3, 0.4) is 0 Å². The Labute approximate surface area is 122 Å². The zero-order chi connectivity index (χ0) is 14.5. The summed E-state index contributed by atoms with van der Waals surface area (Å²) in [5.74, 6) is 0.598. The Kier molecular flexibility index (Phi) is 4.12. The molecule has 3 aromatic rings. The van der Waals surface area contributed by atoms with Gasteiger partial charge in [-0.05, 0) is 30.7 Å². The van der Waals surface area contributed by atoms with Crippen LogP contribution in [-0.4, -0.2) is 28.5 Å².